The van der Waals surface area contributed by atoms with E-state index in [0.29, 0.717) is 89.4 Å². The van der Waals surface area contributed by atoms with E-state index in [-0.39, 0.29) is 165 Å². The SMILES string of the molecule is O=S(=O)([O-])c1ccc(Oc2ccc(Oc3cc[c-]cc3)c3c2C2=Nc4c5ccccc5c5[n]4[In]([Cl])[n]4c(c6ccccc6c4=NC4=NC(=N5)c5c(Oc6ccc(S(=O)(=O)[O-])cc6)ccc(Oc6cc[c-]cc6)c54)=NC3=N2)cc1.[Na+].[Na+].[Na+].[Na+]. The van der Waals surface area contributed by atoms with E-state index in [1.807, 2.05) is 53.6 Å². The number of fused-ring (bicyclic) bond motifs is 14. The number of hydrogen-bond donors (Lipinski definition) is 0. The van der Waals surface area contributed by atoms with E-state index in [4.69, 9.17) is 57.5 Å². The normalized spacial score (nSPS) is 13.3. The van der Waals surface area contributed by atoms with Gasteiger partial charge in [0.1, 0.15) is 0 Å². The topological polar surface area (TPSA) is 235 Å². The summed E-state index contributed by atoms with van der Waals surface area (Å²) in [5, 5.41) is 2.65. The number of aliphatic imine (C=N–C) groups is 4. The fourth-order valence-electron chi connectivity index (χ4n) is 9.68. The van der Waals surface area contributed by atoms with Crippen LogP contribution in [0.3, 0.4) is 0 Å². The van der Waals surface area contributed by atoms with Crippen molar-refractivity contribution in [2.24, 2.45) is 30.0 Å². The van der Waals surface area contributed by atoms with Crippen LogP contribution in [0.15, 0.2) is 210 Å². The molecule has 14 rings (SSSR count). The van der Waals surface area contributed by atoms with Gasteiger partial charge >= 0.3 is 549 Å². The summed E-state index contributed by atoms with van der Waals surface area (Å²) in [7, 11) is -1.27. The monoisotopic (exact) mass is 1280 g/mol. The quantitative estimate of drug-likeness (QED) is 0.0811. The molecule has 6 heterocycles. The van der Waals surface area contributed by atoms with Crippen molar-refractivity contribution in [3.63, 3.8) is 0 Å². The van der Waals surface area contributed by atoms with Crippen LogP contribution in [0.1, 0.15) is 22.3 Å². The minimum absolute atomic E-state index is 0. The smallest absolute Gasteiger partial charge is 1.00 e. The molecule has 6 bridgehead atoms. The van der Waals surface area contributed by atoms with E-state index in [2.05, 4.69) is 12.1 Å². The average Bonchev–Trinajstić information content (AvgIpc) is 3.54. The molecule has 0 fully saturated rings. The van der Waals surface area contributed by atoms with Gasteiger partial charge in [-0.2, -0.15) is 0 Å². The zero-order valence-corrected chi connectivity index (χ0v) is 57.3. The molecule has 18 nitrogen and oxygen atoms in total. The predicted molar refractivity (Wildman–Crippen MR) is 287 cm³/mol. The molecule has 26 heteroatoms. The van der Waals surface area contributed by atoms with Crippen LogP contribution in [0.25, 0.3) is 21.5 Å². The number of halogens is 1. The van der Waals surface area contributed by atoms with Crippen LogP contribution in [0.5, 0.6) is 46.0 Å². The molecule has 0 unspecified atom stereocenters. The largest absolute Gasteiger partial charge is 1.00 e. The van der Waals surface area contributed by atoms with Crippen molar-refractivity contribution in [3.8, 4) is 46.0 Å². The molecule has 0 aliphatic carbocycles. The predicted octanol–water partition coefficient (Wildman–Crippen LogP) is -2.25. The van der Waals surface area contributed by atoms with Gasteiger partial charge in [-0.25, -0.2) is 16.8 Å². The Morgan fingerprint density at radius 3 is 1.02 bits per heavy atom. The summed E-state index contributed by atoms with van der Waals surface area (Å²) in [4.78, 5) is 31.3. The number of hydrogen-bond acceptors (Lipinski definition) is 16. The molecule has 0 spiro atoms. The second-order valence-corrected chi connectivity index (χ2v) is 27.9. The van der Waals surface area contributed by atoms with Crippen LogP contribution in [-0.4, -0.2) is 75.2 Å². The van der Waals surface area contributed by atoms with E-state index in [9.17, 15) is 25.9 Å². The summed E-state index contributed by atoms with van der Waals surface area (Å²) >= 11 is -4.38. The molecule has 8 aromatic carbocycles. The maximum atomic E-state index is 11.9. The van der Waals surface area contributed by atoms with Crippen LogP contribution in [0, 0.1) is 12.1 Å². The second kappa shape index (κ2) is 24.0. The van der Waals surface area contributed by atoms with E-state index in [1.165, 1.54) is 48.5 Å². The van der Waals surface area contributed by atoms with E-state index >= 15 is 0 Å². The van der Waals surface area contributed by atoms with E-state index < -0.39 is 50.9 Å². The molecule has 10 aromatic rings. The first-order valence-corrected chi connectivity index (χ1v) is 33.6. The van der Waals surface area contributed by atoms with Crippen LogP contribution in [0.2, 0.25) is 0 Å². The van der Waals surface area contributed by atoms with Crippen molar-refractivity contribution in [1.29, 1.82) is 0 Å². The van der Waals surface area contributed by atoms with Gasteiger partial charge in [0.15, 0.2) is 0 Å². The third-order valence-corrected chi connectivity index (χ3v) is 22.6. The van der Waals surface area contributed by atoms with Gasteiger partial charge < -0.3 is 9.11 Å². The Kier molecular flexibility index (Phi) is 17.7. The van der Waals surface area contributed by atoms with Crippen LogP contribution < -0.4 is 148 Å². The maximum absolute atomic E-state index is 11.9. The van der Waals surface area contributed by atoms with Crippen LogP contribution in [0.4, 0.5) is 11.6 Å². The number of amidine groups is 4. The minimum Gasteiger partial charge on any atom is 1.00 e. The molecule has 2 aromatic heterocycles. The van der Waals surface area contributed by atoms with Crippen LogP contribution >= 0.6 is 8.58 Å². The van der Waals surface area contributed by atoms with Crippen molar-refractivity contribution in [2.45, 2.75) is 9.79 Å². The molecule has 0 amide bonds. The van der Waals surface area contributed by atoms with Gasteiger partial charge in [0.05, 0.1) is 0 Å². The third-order valence-electron chi connectivity index (χ3n) is 13.1. The van der Waals surface area contributed by atoms with Crippen LogP contribution in [-0.2, 0) is 20.2 Å². The van der Waals surface area contributed by atoms with E-state index in [1.54, 1.807) is 72.8 Å². The average molecular weight is 1280 g/mol. The van der Waals surface area contributed by atoms with Gasteiger partial charge in [0.25, 0.3) is 0 Å². The second-order valence-electron chi connectivity index (χ2n) is 17.8. The molecule has 0 radical (unpaired) electrons. The molecule has 4 aliphatic rings. The summed E-state index contributed by atoms with van der Waals surface area (Å²) in [6.45, 7) is 0. The van der Waals surface area contributed by atoms with E-state index in [0.717, 1.165) is 0 Å². The Morgan fingerprint density at radius 2 is 0.695 bits per heavy atom. The molecule has 0 saturated carbocycles. The molecule has 4 aliphatic heterocycles. The summed E-state index contributed by atoms with van der Waals surface area (Å²) in [5.74, 6) is 4.14. The van der Waals surface area contributed by atoms with Gasteiger partial charge in [-0.15, -0.1) is 0 Å². The Balaban J connectivity index is 0.00000188. The van der Waals surface area contributed by atoms with Gasteiger partial charge in [0, 0.05) is 0 Å². The summed E-state index contributed by atoms with van der Waals surface area (Å²) in [6.07, 6.45) is 0. The third kappa shape index (κ3) is 10.9. The van der Waals surface area contributed by atoms with Gasteiger partial charge in [-0.1, -0.05) is 0 Å². The summed E-state index contributed by atoms with van der Waals surface area (Å²) < 4.78 is 102. The Labute approximate surface area is 567 Å². The zero-order valence-electron chi connectivity index (χ0n) is 43.6. The van der Waals surface area contributed by atoms with Gasteiger partial charge in [-0.3, -0.25) is 0 Å². The van der Waals surface area contributed by atoms with Gasteiger partial charge in [0.2, 0.25) is 0 Å². The number of nitrogens with zero attached hydrogens (tertiary/aromatic N) is 8. The summed E-state index contributed by atoms with van der Waals surface area (Å²) in [6, 6.07) is 52.2. The number of aromatic nitrogens is 2. The van der Waals surface area contributed by atoms with Crippen molar-refractivity contribution in [2.75, 3.05) is 0 Å². The van der Waals surface area contributed by atoms with Crippen molar-refractivity contribution in [3.05, 3.63) is 215 Å². The standard InChI is InChI=1S/C56H30N8O10S2.ClH.In.4Na/c65-75(66,67)35-23-19-33(20-24-35)73-43-29-27-41(71-31-11-3-1-4-12-31)45-47(43)55-61-51-39-17-9-10-18-40(39)52(58-51)62-56-48-44(74-34-21-25-36(26-22-34)76(68,69)70)30-28-42(72-32-13-5-2-6-14-32)46(48)54(64-56)60-50-38-16-8-7-15-37(38)49(57-50)59-53(45)63-55;;;;;;/h3-30H,(H2-2,57,58,59,60,61,62,63,64,65,66,67,68,69,70);1H;;;;;/q-4;;+3;4*+1/p-3. The number of ether oxygens (including phenoxy) is 4. The number of rotatable bonds is 10. The fourth-order valence-corrected chi connectivity index (χ4v) is 18.3. The molecule has 0 atom stereocenters. The molecule has 0 N–H and O–H groups in total. The molecular weight excluding hydrogens is 1250 g/mol. The molecule has 378 valence electrons. The van der Waals surface area contributed by atoms with Gasteiger partial charge in [-0.05, 0) is 0 Å². The molecule has 82 heavy (non-hydrogen) atoms. The van der Waals surface area contributed by atoms with Crippen molar-refractivity contribution < 1.29 is 163 Å². The Hall–Kier alpha value is -4.70. The molecule has 0 saturated heterocycles. The summed E-state index contributed by atoms with van der Waals surface area (Å²) in [5.41, 5.74) is 2.43. The maximum Gasteiger partial charge on any atom is 1.00 e. The first kappa shape index (κ1) is 60.4. The minimum atomic E-state index is -4.75. The van der Waals surface area contributed by atoms with Crippen molar-refractivity contribution >= 4 is 106 Å². The van der Waals surface area contributed by atoms with Crippen molar-refractivity contribution in [1.82, 2.24) is 5.11 Å². The Morgan fingerprint density at radius 1 is 0.390 bits per heavy atom. The first-order chi connectivity index (χ1) is 37.8. The molecular formula is C56H28ClInN8Na4O10S2. The number of benzene rings is 8. The fraction of sp³-hybridized carbons (Fsp3) is 0. The zero-order chi connectivity index (χ0) is 53.0. The first-order valence-electron chi connectivity index (χ1n) is 23.6. The Bertz CT molecular complexity index is 4480.